The summed E-state index contributed by atoms with van der Waals surface area (Å²) in [6, 6.07) is 4.83. The third kappa shape index (κ3) is 5.85. The van der Waals surface area contributed by atoms with Crippen LogP contribution >= 0.6 is 0 Å². The molecule has 0 aliphatic rings. The highest BCUT2D eigenvalue weighted by atomic mass is 16.6. The van der Waals surface area contributed by atoms with E-state index in [0.717, 1.165) is 16.7 Å². The van der Waals surface area contributed by atoms with E-state index < -0.39 is 23.7 Å². The Morgan fingerprint density at radius 2 is 1.90 bits per heavy atom. The molecule has 1 atom stereocenters. The number of carbonyl (C=O) groups is 2. The quantitative estimate of drug-likeness (QED) is 0.895. The summed E-state index contributed by atoms with van der Waals surface area (Å²) in [4.78, 5) is 23.0. The first-order valence-corrected chi connectivity index (χ1v) is 6.87. The predicted octanol–water partition coefficient (Wildman–Crippen LogP) is 2.82. The largest absolute Gasteiger partial charge is 0.480 e. The van der Waals surface area contributed by atoms with Gasteiger partial charge in [-0.2, -0.15) is 0 Å². The van der Waals surface area contributed by atoms with Gasteiger partial charge in [-0.15, -0.1) is 0 Å². The summed E-state index contributed by atoms with van der Waals surface area (Å²) in [7, 11) is 0. The number of hydrogen-bond acceptors (Lipinski definition) is 3. The number of ether oxygens (including phenoxy) is 1. The van der Waals surface area contributed by atoms with Crippen LogP contribution in [0.2, 0.25) is 0 Å². The van der Waals surface area contributed by atoms with E-state index in [0.29, 0.717) is 0 Å². The summed E-state index contributed by atoms with van der Waals surface area (Å²) < 4.78 is 5.10. The lowest BCUT2D eigenvalue weighted by molar-refractivity contribution is -0.139. The van der Waals surface area contributed by atoms with Gasteiger partial charge in [0.15, 0.2) is 0 Å². The van der Waals surface area contributed by atoms with E-state index in [1.54, 1.807) is 20.8 Å². The molecular formula is C16H23NO4. The van der Waals surface area contributed by atoms with Crippen molar-refractivity contribution in [1.82, 2.24) is 5.32 Å². The van der Waals surface area contributed by atoms with Gasteiger partial charge in [0, 0.05) is 6.42 Å². The van der Waals surface area contributed by atoms with Crippen molar-refractivity contribution in [2.24, 2.45) is 0 Å². The molecule has 1 aromatic carbocycles. The second kappa shape index (κ2) is 6.61. The number of alkyl carbamates (subject to hydrolysis) is 1. The number of amides is 1. The molecule has 0 aliphatic carbocycles. The van der Waals surface area contributed by atoms with Gasteiger partial charge in [0.1, 0.15) is 11.6 Å². The van der Waals surface area contributed by atoms with Crippen LogP contribution in [0.3, 0.4) is 0 Å². The van der Waals surface area contributed by atoms with Gasteiger partial charge in [0.25, 0.3) is 0 Å². The van der Waals surface area contributed by atoms with E-state index in [1.165, 1.54) is 0 Å². The van der Waals surface area contributed by atoms with Gasteiger partial charge in [-0.1, -0.05) is 23.8 Å². The molecule has 116 valence electrons. The van der Waals surface area contributed by atoms with Crippen molar-refractivity contribution < 1.29 is 19.4 Å². The highest BCUT2D eigenvalue weighted by molar-refractivity contribution is 5.80. The standard InChI is InChI=1S/C16H23NO4/c1-10-6-7-11(2)12(8-10)9-13(14(18)19)17-15(20)21-16(3,4)5/h6-8,13H,9H2,1-5H3,(H,17,20)(H,18,19)/t13-/m0/s1. The van der Waals surface area contributed by atoms with E-state index in [2.05, 4.69) is 5.32 Å². The number of benzene rings is 1. The normalized spacial score (nSPS) is 12.6. The Labute approximate surface area is 125 Å². The number of aliphatic carboxylic acids is 1. The molecule has 1 aromatic rings. The zero-order valence-electron chi connectivity index (χ0n) is 13.2. The number of carbonyl (C=O) groups excluding carboxylic acids is 1. The maximum absolute atomic E-state index is 11.7. The van der Waals surface area contributed by atoms with Gasteiger partial charge in [-0.25, -0.2) is 9.59 Å². The van der Waals surface area contributed by atoms with Crippen LogP contribution in [0, 0.1) is 13.8 Å². The minimum atomic E-state index is -1.08. The van der Waals surface area contributed by atoms with E-state index >= 15 is 0 Å². The van der Waals surface area contributed by atoms with E-state index in [1.807, 2.05) is 32.0 Å². The molecule has 0 unspecified atom stereocenters. The van der Waals surface area contributed by atoms with Crippen molar-refractivity contribution in [3.8, 4) is 0 Å². The Morgan fingerprint density at radius 1 is 1.29 bits per heavy atom. The highest BCUT2D eigenvalue weighted by Crippen LogP contribution is 2.14. The number of carboxylic acid groups (broad SMARTS) is 1. The molecule has 0 fully saturated rings. The molecule has 0 saturated heterocycles. The molecule has 0 spiro atoms. The molecule has 0 saturated carbocycles. The molecule has 0 bridgehead atoms. The first kappa shape index (κ1) is 17.0. The predicted molar refractivity (Wildman–Crippen MR) is 80.4 cm³/mol. The summed E-state index contributed by atoms with van der Waals surface area (Å²) in [5.41, 5.74) is 2.29. The Hall–Kier alpha value is -2.04. The third-order valence-electron chi connectivity index (χ3n) is 2.92. The second-order valence-corrected chi connectivity index (χ2v) is 6.17. The lowest BCUT2D eigenvalue weighted by Gasteiger charge is -2.22. The topological polar surface area (TPSA) is 75.6 Å². The average molecular weight is 293 g/mol. The summed E-state index contributed by atoms with van der Waals surface area (Å²) in [6.07, 6.45) is -0.498. The summed E-state index contributed by atoms with van der Waals surface area (Å²) in [5, 5.41) is 11.7. The molecule has 5 heteroatoms. The molecule has 0 heterocycles. The fourth-order valence-electron chi connectivity index (χ4n) is 1.89. The van der Waals surface area contributed by atoms with Crippen molar-refractivity contribution in [2.45, 2.75) is 52.7 Å². The van der Waals surface area contributed by atoms with Crippen LogP contribution in [-0.4, -0.2) is 28.8 Å². The fraction of sp³-hybridized carbons (Fsp3) is 0.500. The van der Waals surface area contributed by atoms with Gasteiger partial charge in [-0.3, -0.25) is 0 Å². The minimum absolute atomic E-state index is 0.224. The van der Waals surface area contributed by atoms with Gasteiger partial charge in [0.2, 0.25) is 0 Å². The van der Waals surface area contributed by atoms with Crippen molar-refractivity contribution in [3.63, 3.8) is 0 Å². The first-order chi connectivity index (χ1) is 9.58. The van der Waals surface area contributed by atoms with Crippen LogP contribution in [-0.2, 0) is 16.0 Å². The maximum atomic E-state index is 11.7. The zero-order chi connectivity index (χ0) is 16.2. The monoisotopic (exact) mass is 293 g/mol. The van der Waals surface area contributed by atoms with Crippen molar-refractivity contribution in [2.75, 3.05) is 0 Å². The van der Waals surface area contributed by atoms with Crippen LogP contribution < -0.4 is 5.32 Å². The molecule has 5 nitrogen and oxygen atoms in total. The summed E-state index contributed by atoms with van der Waals surface area (Å²) in [6.45, 7) is 9.05. The number of aryl methyl sites for hydroxylation is 2. The van der Waals surface area contributed by atoms with Gasteiger partial charge in [-0.05, 0) is 45.7 Å². The maximum Gasteiger partial charge on any atom is 0.408 e. The number of carboxylic acids is 1. The second-order valence-electron chi connectivity index (χ2n) is 6.17. The van der Waals surface area contributed by atoms with Crippen LogP contribution in [0.5, 0.6) is 0 Å². The SMILES string of the molecule is Cc1ccc(C)c(C[C@H](NC(=O)OC(C)(C)C)C(=O)O)c1. The smallest absolute Gasteiger partial charge is 0.408 e. The Kier molecular flexibility index (Phi) is 5.35. The highest BCUT2D eigenvalue weighted by Gasteiger charge is 2.24. The molecule has 1 rings (SSSR count). The Bertz CT molecular complexity index is 532. The molecule has 0 radical (unpaired) electrons. The molecule has 0 aromatic heterocycles. The van der Waals surface area contributed by atoms with Crippen molar-refractivity contribution in [1.29, 1.82) is 0 Å². The summed E-state index contributed by atoms with van der Waals surface area (Å²) in [5.74, 6) is -1.08. The van der Waals surface area contributed by atoms with Gasteiger partial charge in [0.05, 0.1) is 0 Å². The molecule has 21 heavy (non-hydrogen) atoms. The molecular weight excluding hydrogens is 270 g/mol. The summed E-state index contributed by atoms with van der Waals surface area (Å²) >= 11 is 0. The molecule has 1 amide bonds. The Balaban J connectivity index is 2.81. The molecule has 0 aliphatic heterocycles. The fourth-order valence-corrected chi connectivity index (χ4v) is 1.89. The number of hydrogen-bond donors (Lipinski definition) is 2. The van der Waals surface area contributed by atoms with Crippen LogP contribution in [0.1, 0.15) is 37.5 Å². The van der Waals surface area contributed by atoms with Gasteiger partial charge < -0.3 is 15.2 Å². The molecule has 2 N–H and O–H groups in total. The van der Waals surface area contributed by atoms with E-state index in [9.17, 15) is 14.7 Å². The minimum Gasteiger partial charge on any atom is -0.480 e. The van der Waals surface area contributed by atoms with E-state index in [4.69, 9.17) is 4.74 Å². The third-order valence-corrected chi connectivity index (χ3v) is 2.92. The van der Waals surface area contributed by atoms with E-state index in [-0.39, 0.29) is 6.42 Å². The lowest BCUT2D eigenvalue weighted by atomic mass is 9.99. The number of nitrogens with one attached hydrogen (secondary N) is 1. The van der Waals surface area contributed by atoms with Crippen molar-refractivity contribution >= 4 is 12.1 Å². The van der Waals surface area contributed by atoms with Crippen LogP contribution in [0.4, 0.5) is 4.79 Å². The zero-order valence-corrected chi connectivity index (χ0v) is 13.2. The van der Waals surface area contributed by atoms with Gasteiger partial charge >= 0.3 is 12.1 Å². The van der Waals surface area contributed by atoms with Crippen LogP contribution in [0.25, 0.3) is 0 Å². The van der Waals surface area contributed by atoms with Crippen molar-refractivity contribution in [3.05, 3.63) is 34.9 Å². The first-order valence-electron chi connectivity index (χ1n) is 6.87. The Morgan fingerprint density at radius 3 is 2.43 bits per heavy atom. The van der Waals surface area contributed by atoms with Crippen LogP contribution in [0.15, 0.2) is 18.2 Å². The average Bonchev–Trinajstić information content (AvgIpc) is 2.30. The lowest BCUT2D eigenvalue weighted by Crippen LogP contribution is -2.44. The number of rotatable bonds is 4.